The molecule has 2 saturated heterocycles. The molecule has 0 aliphatic carbocycles. The highest BCUT2D eigenvalue weighted by atomic mass is 16.2. The van der Waals surface area contributed by atoms with Crippen LogP contribution in [0.15, 0.2) is 30.3 Å². The van der Waals surface area contributed by atoms with Crippen molar-refractivity contribution >= 4 is 11.8 Å². The number of rotatable bonds is 4. The Hall–Kier alpha value is -1.92. The lowest BCUT2D eigenvalue weighted by molar-refractivity contribution is -0.139. The quantitative estimate of drug-likeness (QED) is 0.855. The second-order valence-corrected chi connectivity index (χ2v) is 8.42. The van der Waals surface area contributed by atoms with Gasteiger partial charge in [-0.15, -0.1) is 0 Å². The van der Waals surface area contributed by atoms with Crippen molar-refractivity contribution in [1.82, 2.24) is 14.7 Å². The molecule has 0 saturated carbocycles. The van der Waals surface area contributed by atoms with Crippen LogP contribution in [0.25, 0.3) is 0 Å². The molecule has 0 bridgehead atoms. The minimum atomic E-state index is -0.115. The first-order valence-electron chi connectivity index (χ1n) is 10.5. The van der Waals surface area contributed by atoms with Crippen LogP contribution in [0.2, 0.25) is 0 Å². The van der Waals surface area contributed by atoms with E-state index in [0.717, 1.165) is 45.3 Å². The maximum Gasteiger partial charge on any atom is 0.227 e. The molecule has 1 aromatic rings. The fraction of sp³-hybridized carbons (Fsp3) is 0.636. The highest BCUT2D eigenvalue weighted by Crippen LogP contribution is 2.23. The molecular formula is C22H34N4O2. The van der Waals surface area contributed by atoms with E-state index in [1.165, 1.54) is 5.56 Å². The molecule has 28 heavy (non-hydrogen) atoms. The van der Waals surface area contributed by atoms with Gasteiger partial charge in [-0.3, -0.25) is 14.5 Å². The number of carbonyl (C=O) groups is 2. The number of hydrogen-bond acceptors (Lipinski definition) is 4. The van der Waals surface area contributed by atoms with Gasteiger partial charge in [-0.05, 0) is 38.3 Å². The summed E-state index contributed by atoms with van der Waals surface area (Å²) in [6, 6.07) is 11.0. The van der Waals surface area contributed by atoms with Crippen molar-refractivity contribution in [3.05, 3.63) is 35.9 Å². The Labute approximate surface area is 168 Å². The monoisotopic (exact) mass is 386 g/mol. The second-order valence-electron chi connectivity index (χ2n) is 8.42. The minimum absolute atomic E-state index is 0.0106. The van der Waals surface area contributed by atoms with Crippen molar-refractivity contribution in [2.24, 2.45) is 11.7 Å². The molecule has 2 heterocycles. The molecule has 6 heteroatoms. The van der Waals surface area contributed by atoms with Gasteiger partial charge in [0.2, 0.25) is 11.8 Å². The van der Waals surface area contributed by atoms with Gasteiger partial charge in [-0.1, -0.05) is 30.3 Å². The maximum absolute atomic E-state index is 13.1. The van der Waals surface area contributed by atoms with Crippen LogP contribution in [0.1, 0.15) is 38.2 Å². The molecule has 0 unspecified atom stereocenters. The van der Waals surface area contributed by atoms with Crippen LogP contribution >= 0.6 is 0 Å². The zero-order chi connectivity index (χ0) is 20.1. The van der Waals surface area contributed by atoms with E-state index >= 15 is 0 Å². The normalized spacial score (nSPS) is 24.3. The van der Waals surface area contributed by atoms with E-state index in [0.29, 0.717) is 19.1 Å². The van der Waals surface area contributed by atoms with E-state index in [1.807, 2.05) is 11.0 Å². The van der Waals surface area contributed by atoms with Crippen LogP contribution in [0.4, 0.5) is 0 Å². The SMILES string of the molecule is CC(=O)N1C[C@@H](N)CC[C@@H](C(=O)N2CCC(N(C)Cc3ccccc3)CC2)C1. The minimum Gasteiger partial charge on any atom is -0.342 e. The van der Waals surface area contributed by atoms with Gasteiger partial charge in [0.1, 0.15) is 0 Å². The number of amides is 2. The van der Waals surface area contributed by atoms with Gasteiger partial charge in [0, 0.05) is 51.7 Å². The van der Waals surface area contributed by atoms with Crippen molar-refractivity contribution in [2.75, 3.05) is 33.2 Å². The average molecular weight is 387 g/mol. The first-order valence-corrected chi connectivity index (χ1v) is 10.5. The van der Waals surface area contributed by atoms with E-state index in [1.54, 1.807) is 11.8 Å². The van der Waals surface area contributed by atoms with Crippen molar-refractivity contribution in [2.45, 2.75) is 51.2 Å². The molecule has 2 aliphatic heterocycles. The van der Waals surface area contributed by atoms with Gasteiger partial charge in [0.05, 0.1) is 5.92 Å². The molecular weight excluding hydrogens is 352 g/mol. The molecule has 0 spiro atoms. The van der Waals surface area contributed by atoms with E-state index in [-0.39, 0.29) is 23.8 Å². The number of nitrogens with zero attached hydrogens (tertiary/aromatic N) is 3. The van der Waals surface area contributed by atoms with Crippen molar-refractivity contribution < 1.29 is 9.59 Å². The average Bonchev–Trinajstić information content (AvgIpc) is 2.90. The second kappa shape index (κ2) is 9.52. The third-order valence-electron chi connectivity index (χ3n) is 6.25. The van der Waals surface area contributed by atoms with E-state index in [2.05, 4.69) is 36.2 Å². The van der Waals surface area contributed by atoms with Gasteiger partial charge in [-0.2, -0.15) is 0 Å². The zero-order valence-corrected chi connectivity index (χ0v) is 17.2. The summed E-state index contributed by atoms with van der Waals surface area (Å²) < 4.78 is 0. The number of piperidine rings is 1. The van der Waals surface area contributed by atoms with Crippen molar-refractivity contribution in [3.63, 3.8) is 0 Å². The Balaban J connectivity index is 1.52. The highest BCUT2D eigenvalue weighted by molar-refractivity contribution is 5.80. The van der Waals surface area contributed by atoms with Gasteiger partial charge in [-0.25, -0.2) is 0 Å². The molecule has 1 aromatic carbocycles. The smallest absolute Gasteiger partial charge is 0.227 e. The van der Waals surface area contributed by atoms with Crippen molar-refractivity contribution in [3.8, 4) is 0 Å². The Morgan fingerprint density at radius 2 is 1.71 bits per heavy atom. The largest absolute Gasteiger partial charge is 0.342 e. The molecule has 154 valence electrons. The molecule has 0 radical (unpaired) electrons. The van der Waals surface area contributed by atoms with Gasteiger partial charge >= 0.3 is 0 Å². The number of nitrogens with two attached hydrogens (primary N) is 1. The fourth-order valence-corrected chi connectivity index (χ4v) is 4.47. The summed E-state index contributed by atoms with van der Waals surface area (Å²) in [4.78, 5) is 31.1. The summed E-state index contributed by atoms with van der Waals surface area (Å²) >= 11 is 0. The van der Waals surface area contributed by atoms with Crippen LogP contribution in [0.5, 0.6) is 0 Å². The third kappa shape index (κ3) is 5.32. The Morgan fingerprint density at radius 1 is 1.04 bits per heavy atom. The molecule has 2 amide bonds. The molecule has 2 N–H and O–H groups in total. The lowest BCUT2D eigenvalue weighted by atomic mass is 9.97. The topological polar surface area (TPSA) is 69.9 Å². The Kier molecular flexibility index (Phi) is 7.08. The summed E-state index contributed by atoms with van der Waals surface area (Å²) in [5.41, 5.74) is 7.42. The van der Waals surface area contributed by atoms with E-state index in [9.17, 15) is 9.59 Å². The molecule has 2 aliphatic rings. The highest BCUT2D eigenvalue weighted by Gasteiger charge is 2.33. The Bertz CT molecular complexity index is 658. The molecule has 2 atom stereocenters. The molecule has 3 rings (SSSR count). The van der Waals surface area contributed by atoms with Gasteiger partial charge in [0.15, 0.2) is 0 Å². The Morgan fingerprint density at radius 3 is 2.36 bits per heavy atom. The van der Waals surface area contributed by atoms with Crippen LogP contribution in [0, 0.1) is 5.92 Å². The van der Waals surface area contributed by atoms with Gasteiger partial charge < -0.3 is 15.5 Å². The lowest BCUT2D eigenvalue weighted by Gasteiger charge is -2.38. The fourth-order valence-electron chi connectivity index (χ4n) is 4.47. The number of likely N-dealkylation sites (tertiary alicyclic amines) is 2. The molecule has 0 aromatic heterocycles. The predicted octanol–water partition coefficient (Wildman–Crippen LogP) is 1.70. The number of hydrogen-bond donors (Lipinski definition) is 1. The van der Waals surface area contributed by atoms with E-state index < -0.39 is 0 Å². The first-order chi connectivity index (χ1) is 13.4. The van der Waals surface area contributed by atoms with Crippen LogP contribution in [-0.2, 0) is 16.1 Å². The lowest BCUT2D eigenvalue weighted by Crippen LogP contribution is -2.48. The predicted molar refractivity (Wildman–Crippen MR) is 110 cm³/mol. The molecule has 6 nitrogen and oxygen atoms in total. The van der Waals surface area contributed by atoms with E-state index in [4.69, 9.17) is 5.73 Å². The van der Waals surface area contributed by atoms with Crippen molar-refractivity contribution in [1.29, 1.82) is 0 Å². The van der Waals surface area contributed by atoms with Crippen LogP contribution in [0.3, 0.4) is 0 Å². The summed E-state index contributed by atoms with van der Waals surface area (Å²) in [5.74, 6) is 0.0944. The maximum atomic E-state index is 13.1. The summed E-state index contributed by atoms with van der Waals surface area (Å²) in [7, 11) is 2.17. The first kappa shape index (κ1) is 20.8. The summed E-state index contributed by atoms with van der Waals surface area (Å²) in [5, 5.41) is 0. The third-order valence-corrected chi connectivity index (χ3v) is 6.25. The van der Waals surface area contributed by atoms with Gasteiger partial charge in [0.25, 0.3) is 0 Å². The zero-order valence-electron chi connectivity index (χ0n) is 17.2. The summed E-state index contributed by atoms with van der Waals surface area (Å²) in [6.07, 6.45) is 3.57. The van der Waals surface area contributed by atoms with Crippen LogP contribution < -0.4 is 5.73 Å². The summed E-state index contributed by atoms with van der Waals surface area (Å²) in [6.45, 7) is 5.17. The number of carbonyl (C=O) groups excluding carboxylic acids is 2. The molecule has 2 fully saturated rings. The number of benzene rings is 1. The standard InChI is InChI=1S/C22H34N4O2/c1-17(27)26-15-19(8-9-20(23)16-26)22(28)25-12-10-21(11-13-25)24(2)14-18-6-4-3-5-7-18/h3-7,19-21H,8-16,23H2,1-2H3/t19-,20+/m1/s1. The van der Waals surface area contributed by atoms with Crippen LogP contribution in [-0.4, -0.2) is 71.8 Å².